The highest BCUT2D eigenvalue weighted by Crippen LogP contribution is 2.36. The van der Waals surface area contributed by atoms with Gasteiger partial charge in [-0.25, -0.2) is 8.78 Å². The molecule has 2 N–H and O–H groups in total. The summed E-state index contributed by atoms with van der Waals surface area (Å²) in [6.45, 7) is 2.06. The molecule has 0 saturated carbocycles. The summed E-state index contributed by atoms with van der Waals surface area (Å²) in [4.78, 5) is 0. The minimum absolute atomic E-state index is 0.0509. The second-order valence-electron chi connectivity index (χ2n) is 3.93. The maximum absolute atomic E-state index is 13.6. The van der Waals surface area contributed by atoms with Crippen molar-refractivity contribution in [2.75, 3.05) is 12.3 Å². The SMILES string of the molecule is CCOc1cc(Oc2ccc(F)cc2Br)c(N)cc1F. The van der Waals surface area contributed by atoms with Gasteiger partial charge in [0.15, 0.2) is 17.3 Å². The summed E-state index contributed by atoms with van der Waals surface area (Å²) in [5.74, 6) is -0.301. The van der Waals surface area contributed by atoms with Gasteiger partial charge in [-0.1, -0.05) is 0 Å². The molecule has 0 radical (unpaired) electrons. The fourth-order valence-corrected chi connectivity index (χ4v) is 2.01. The molecule has 6 heteroatoms. The van der Waals surface area contributed by atoms with Gasteiger partial charge in [-0.3, -0.25) is 0 Å². The van der Waals surface area contributed by atoms with E-state index in [0.29, 0.717) is 16.8 Å². The maximum atomic E-state index is 13.6. The lowest BCUT2D eigenvalue weighted by molar-refractivity contribution is 0.319. The van der Waals surface area contributed by atoms with Gasteiger partial charge in [-0.15, -0.1) is 0 Å². The lowest BCUT2D eigenvalue weighted by atomic mass is 10.2. The van der Waals surface area contributed by atoms with E-state index in [4.69, 9.17) is 15.2 Å². The Morgan fingerprint density at radius 2 is 1.85 bits per heavy atom. The maximum Gasteiger partial charge on any atom is 0.167 e. The number of ether oxygens (including phenoxy) is 2. The quantitative estimate of drug-likeness (QED) is 0.831. The van der Waals surface area contributed by atoms with Crippen LogP contribution < -0.4 is 15.2 Å². The first-order chi connectivity index (χ1) is 9.51. The molecule has 0 aliphatic carbocycles. The topological polar surface area (TPSA) is 44.5 Å². The first-order valence-corrected chi connectivity index (χ1v) is 6.65. The molecule has 3 nitrogen and oxygen atoms in total. The first kappa shape index (κ1) is 14.6. The van der Waals surface area contributed by atoms with Gasteiger partial charge in [-0.2, -0.15) is 0 Å². The molecule has 0 unspecified atom stereocenters. The Hall–Kier alpha value is -1.82. The molecule has 0 bridgehead atoms. The van der Waals surface area contributed by atoms with Crippen LogP contribution in [0.3, 0.4) is 0 Å². The molecular weight excluding hydrogens is 332 g/mol. The summed E-state index contributed by atoms with van der Waals surface area (Å²) >= 11 is 3.18. The molecule has 2 rings (SSSR count). The van der Waals surface area contributed by atoms with E-state index in [1.165, 1.54) is 24.3 Å². The number of nitrogen functional groups attached to an aromatic ring is 1. The first-order valence-electron chi connectivity index (χ1n) is 5.86. The Labute approximate surface area is 123 Å². The van der Waals surface area contributed by atoms with E-state index in [1.807, 2.05) is 0 Å². The van der Waals surface area contributed by atoms with Crippen molar-refractivity contribution in [3.63, 3.8) is 0 Å². The minimum atomic E-state index is -0.560. The van der Waals surface area contributed by atoms with E-state index < -0.39 is 11.6 Å². The van der Waals surface area contributed by atoms with Crippen molar-refractivity contribution < 1.29 is 18.3 Å². The van der Waals surface area contributed by atoms with Crippen molar-refractivity contribution in [2.45, 2.75) is 6.92 Å². The molecule has 0 atom stereocenters. The summed E-state index contributed by atoms with van der Waals surface area (Å²) in [7, 11) is 0. The van der Waals surface area contributed by atoms with Gasteiger partial charge in [-0.05, 0) is 41.1 Å². The molecule has 0 spiro atoms. The second kappa shape index (κ2) is 6.09. The van der Waals surface area contributed by atoms with Crippen molar-refractivity contribution >= 4 is 21.6 Å². The Balaban J connectivity index is 2.35. The number of benzene rings is 2. The van der Waals surface area contributed by atoms with E-state index in [-0.39, 0.29) is 17.2 Å². The summed E-state index contributed by atoms with van der Waals surface area (Å²) in [6, 6.07) is 6.45. The van der Waals surface area contributed by atoms with Gasteiger partial charge < -0.3 is 15.2 Å². The third-order valence-electron chi connectivity index (χ3n) is 2.48. The predicted molar refractivity (Wildman–Crippen MR) is 76.2 cm³/mol. The minimum Gasteiger partial charge on any atom is -0.491 e. The zero-order valence-corrected chi connectivity index (χ0v) is 12.2. The predicted octanol–water partition coefficient (Wildman–Crippen LogP) is 4.50. The number of nitrogens with two attached hydrogens (primary N) is 1. The van der Waals surface area contributed by atoms with Gasteiger partial charge in [0, 0.05) is 12.1 Å². The van der Waals surface area contributed by atoms with Crippen molar-refractivity contribution in [2.24, 2.45) is 0 Å². The Bertz CT molecular complexity index is 635. The van der Waals surface area contributed by atoms with E-state index >= 15 is 0 Å². The van der Waals surface area contributed by atoms with Crippen LogP contribution in [0.2, 0.25) is 0 Å². The van der Waals surface area contributed by atoms with E-state index in [0.717, 1.165) is 6.07 Å². The smallest absolute Gasteiger partial charge is 0.167 e. The molecule has 0 fully saturated rings. The third kappa shape index (κ3) is 3.19. The largest absolute Gasteiger partial charge is 0.491 e. The molecular formula is C14H12BrF2NO2. The molecule has 0 aliphatic rings. The molecule has 0 heterocycles. The molecule has 0 aromatic heterocycles. The van der Waals surface area contributed by atoms with E-state index in [2.05, 4.69) is 15.9 Å². The molecule has 2 aromatic carbocycles. The Morgan fingerprint density at radius 1 is 1.10 bits per heavy atom. The van der Waals surface area contributed by atoms with Gasteiger partial charge >= 0.3 is 0 Å². The lowest BCUT2D eigenvalue weighted by Gasteiger charge is -2.12. The highest BCUT2D eigenvalue weighted by molar-refractivity contribution is 9.10. The molecule has 106 valence electrons. The van der Waals surface area contributed by atoms with Gasteiger partial charge in [0.25, 0.3) is 0 Å². The van der Waals surface area contributed by atoms with Crippen LogP contribution in [0.25, 0.3) is 0 Å². The lowest BCUT2D eigenvalue weighted by Crippen LogP contribution is -1.99. The highest BCUT2D eigenvalue weighted by atomic mass is 79.9. The van der Waals surface area contributed by atoms with Crippen LogP contribution in [0.15, 0.2) is 34.8 Å². The average molecular weight is 344 g/mol. The normalized spacial score (nSPS) is 10.4. The highest BCUT2D eigenvalue weighted by Gasteiger charge is 2.12. The Morgan fingerprint density at radius 3 is 2.50 bits per heavy atom. The number of hydrogen-bond donors (Lipinski definition) is 1. The van der Waals surface area contributed by atoms with Crippen LogP contribution in [-0.2, 0) is 0 Å². The van der Waals surface area contributed by atoms with Gasteiger partial charge in [0.05, 0.1) is 16.8 Å². The van der Waals surface area contributed by atoms with Gasteiger partial charge in [0.2, 0.25) is 0 Å². The van der Waals surface area contributed by atoms with Crippen molar-refractivity contribution in [1.82, 2.24) is 0 Å². The van der Waals surface area contributed by atoms with E-state index in [1.54, 1.807) is 6.92 Å². The summed E-state index contributed by atoms with van der Waals surface area (Å²) < 4.78 is 37.7. The van der Waals surface area contributed by atoms with Crippen LogP contribution >= 0.6 is 15.9 Å². The number of hydrogen-bond acceptors (Lipinski definition) is 3. The van der Waals surface area contributed by atoms with Crippen LogP contribution in [0.5, 0.6) is 17.2 Å². The van der Waals surface area contributed by atoms with Gasteiger partial charge in [0.1, 0.15) is 11.6 Å². The number of halogens is 3. The summed E-state index contributed by atoms with van der Waals surface area (Å²) in [6.07, 6.45) is 0. The number of rotatable bonds is 4. The third-order valence-corrected chi connectivity index (χ3v) is 3.10. The zero-order chi connectivity index (χ0) is 14.7. The van der Waals surface area contributed by atoms with Crippen LogP contribution in [0.1, 0.15) is 6.92 Å². The zero-order valence-electron chi connectivity index (χ0n) is 10.6. The van der Waals surface area contributed by atoms with Crippen LogP contribution in [0, 0.1) is 11.6 Å². The average Bonchev–Trinajstić information content (AvgIpc) is 2.38. The van der Waals surface area contributed by atoms with E-state index in [9.17, 15) is 8.78 Å². The molecule has 0 saturated heterocycles. The monoisotopic (exact) mass is 343 g/mol. The summed E-state index contributed by atoms with van der Waals surface area (Å²) in [5, 5.41) is 0. The molecule has 0 aliphatic heterocycles. The molecule has 20 heavy (non-hydrogen) atoms. The number of anilines is 1. The fraction of sp³-hybridized carbons (Fsp3) is 0.143. The standard InChI is InChI=1S/C14H12BrF2NO2/c1-2-19-13-7-14(11(18)6-10(13)17)20-12-4-3-8(16)5-9(12)15/h3-7H,2,18H2,1H3. The van der Waals surface area contributed by atoms with Crippen molar-refractivity contribution in [3.05, 3.63) is 46.4 Å². The van der Waals surface area contributed by atoms with Crippen molar-refractivity contribution in [3.8, 4) is 17.2 Å². The molecule has 0 amide bonds. The Kier molecular flexibility index (Phi) is 4.44. The summed E-state index contributed by atoms with van der Waals surface area (Å²) in [5.41, 5.74) is 5.83. The van der Waals surface area contributed by atoms with Crippen LogP contribution in [0.4, 0.5) is 14.5 Å². The fourth-order valence-electron chi connectivity index (χ4n) is 1.58. The van der Waals surface area contributed by atoms with Crippen LogP contribution in [-0.4, -0.2) is 6.61 Å². The van der Waals surface area contributed by atoms with Crippen molar-refractivity contribution in [1.29, 1.82) is 0 Å². The second-order valence-corrected chi connectivity index (χ2v) is 4.78. The molecule has 2 aromatic rings.